The van der Waals surface area contributed by atoms with Crippen LogP contribution in [0.4, 0.5) is 5.69 Å². The van der Waals surface area contributed by atoms with Crippen molar-refractivity contribution < 1.29 is 4.79 Å². The van der Waals surface area contributed by atoms with Crippen molar-refractivity contribution in [1.29, 1.82) is 0 Å². The first-order valence-corrected chi connectivity index (χ1v) is 5.28. The molecule has 0 radical (unpaired) electrons. The van der Waals surface area contributed by atoms with E-state index in [2.05, 4.69) is 11.2 Å². The van der Waals surface area contributed by atoms with Crippen LogP contribution in [-0.4, -0.2) is 16.5 Å². The number of rotatable bonds is 4. The number of aromatic nitrogens is 1. The van der Waals surface area contributed by atoms with Gasteiger partial charge in [0, 0.05) is 25.2 Å². The predicted molar refractivity (Wildman–Crippen MR) is 64.9 cm³/mol. The number of terminal acetylenes is 1. The summed E-state index contributed by atoms with van der Waals surface area (Å²) in [6.07, 6.45) is 7.45. The Morgan fingerprint density at radius 3 is 3.00 bits per heavy atom. The normalized spacial score (nSPS) is 11.8. The van der Waals surface area contributed by atoms with Gasteiger partial charge in [0.2, 0.25) is 0 Å². The molecule has 0 saturated heterocycles. The van der Waals surface area contributed by atoms with Crippen LogP contribution in [0.5, 0.6) is 0 Å². The quantitative estimate of drug-likeness (QED) is 0.748. The largest absolute Gasteiger partial charge is 0.397 e. The predicted octanol–water partition coefficient (Wildman–Crippen LogP) is 1.23. The second kappa shape index (κ2) is 5.26. The van der Waals surface area contributed by atoms with E-state index in [4.69, 9.17) is 12.2 Å². The average molecular weight is 219 g/mol. The van der Waals surface area contributed by atoms with Crippen molar-refractivity contribution in [3.8, 4) is 12.3 Å². The first-order valence-electron chi connectivity index (χ1n) is 5.28. The lowest BCUT2D eigenvalue weighted by Gasteiger charge is -2.11. The molecular weight excluding hydrogens is 202 g/mol. The average Bonchev–Trinajstić information content (AvgIpc) is 2.59. The highest BCUT2D eigenvalue weighted by Crippen LogP contribution is 2.10. The van der Waals surface area contributed by atoms with Gasteiger partial charge in [-0.1, -0.05) is 0 Å². The number of carbonyl (C=O) groups is 1. The Labute approximate surface area is 95.8 Å². The van der Waals surface area contributed by atoms with Gasteiger partial charge in [-0.05, 0) is 19.9 Å². The van der Waals surface area contributed by atoms with E-state index in [-0.39, 0.29) is 11.9 Å². The fourth-order valence-corrected chi connectivity index (χ4v) is 1.51. The van der Waals surface area contributed by atoms with Gasteiger partial charge >= 0.3 is 0 Å². The Hall–Kier alpha value is -1.89. The fourth-order valence-electron chi connectivity index (χ4n) is 1.51. The van der Waals surface area contributed by atoms with E-state index in [1.807, 2.05) is 18.4 Å². The van der Waals surface area contributed by atoms with E-state index in [1.54, 1.807) is 12.3 Å². The monoisotopic (exact) mass is 219 g/mol. The zero-order valence-corrected chi connectivity index (χ0v) is 9.66. The van der Waals surface area contributed by atoms with Crippen LogP contribution in [0.25, 0.3) is 0 Å². The molecule has 3 N–H and O–H groups in total. The third kappa shape index (κ3) is 2.80. The Morgan fingerprint density at radius 1 is 1.75 bits per heavy atom. The van der Waals surface area contributed by atoms with Crippen molar-refractivity contribution >= 4 is 11.6 Å². The maximum atomic E-state index is 11.9. The molecule has 16 heavy (non-hydrogen) atoms. The second-order valence-electron chi connectivity index (χ2n) is 3.73. The van der Waals surface area contributed by atoms with Gasteiger partial charge < -0.3 is 15.6 Å². The Balaban J connectivity index is 2.76. The molecule has 0 aliphatic carbocycles. The van der Waals surface area contributed by atoms with E-state index in [1.165, 1.54) is 0 Å². The Bertz CT molecular complexity index is 414. The smallest absolute Gasteiger partial charge is 0.268 e. The van der Waals surface area contributed by atoms with Crippen LogP contribution in [0.15, 0.2) is 12.3 Å². The molecule has 1 rings (SSSR count). The molecule has 0 fully saturated rings. The second-order valence-corrected chi connectivity index (χ2v) is 3.73. The molecule has 0 aliphatic rings. The molecule has 1 aromatic heterocycles. The van der Waals surface area contributed by atoms with Crippen molar-refractivity contribution in [2.45, 2.75) is 32.9 Å². The third-order valence-electron chi connectivity index (χ3n) is 2.29. The summed E-state index contributed by atoms with van der Waals surface area (Å²) >= 11 is 0. The number of nitrogens with one attached hydrogen (secondary N) is 1. The topological polar surface area (TPSA) is 60.1 Å². The molecule has 4 nitrogen and oxygen atoms in total. The summed E-state index contributed by atoms with van der Waals surface area (Å²) in [4.78, 5) is 11.9. The molecule has 0 saturated carbocycles. The van der Waals surface area contributed by atoms with Gasteiger partial charge in [-0.2, -0.15) is 0 Å². The summed E-state index contributed by atoms with van der Waals surface area (Å²) in [6, 6.07) is 1.64. The zero-order chi connectivity index (χ0) is 12.1. The maximum absolute atomic E-state index is 11.9. The lowest BCUT2D eigenvalue weighted by Crippen LogP contribution is -2.33. The highest BCUT2D eigenvalue weighted by Gasteiger charge is 2.13. The number of amides is 1. The summed E-state index contributed by atoms with van der Waals surface area (Å²) in [5, 5.41) is 2.83. The maximum Gasteiger partial charge on any atom is 0.268 e. The molecule has 1 amide bonds. The number of nitrogen functional groups attached to an aromatic ring is 1. The molecule has 0 aliphatic heterocycles. The van der Waals surface area contributed by atoms with Crippen LogP contribution in [0.2, 0.25) is 0 Å². The van der Waals surface area contributed by atoms with Crippen LogP contribution < -0.4 is 11.1 Å². The van der Waals surface area contributed by atoms with Gasteiger partial charge in [0.05, 0.1) is 5.69 Å². The molecule has 1 heterocycles. The molecule has 1 unspecified atom stereocenters. The Morgan fingerprint density at radius 2 is 2.44 bits per heavy atom. The summed E-state index contributed by atoms with van der Waals surface area (Å²) < 4.78 is 1.81. The summed E-state index contributed by atoms with van der Waals surface area (Å²) in [6.45, 7) is 4.55. The third-order valence-corrected chi connectivity index (χ3v) is 2.29. The SMILES string of the molecule is C#CCC(C)NC(=O)c1cc(N)cn1CC. The number of nitrogens with two attached hydrogens (primary N) is 1. The van der Waals surface area contributed by atoms with Crippen molar-refractivity contribution in [3.05, 3.63) is 18.0 Å². The highest BCUT2D eigenvalue weighted by atomic mass is 16.2. The minimum Gasteiger partial charge on any atom is -0.397 e. The minimum atomic E-state index is -0.138. The van der Waals surface area contributed by atoms with Gasteiger partial charge in [0.15, 0.2) is 0 Å². The Kier molecular flexibility index (Phi) is 4.01. The van der Waals surface area contributed by atoms with Crippen LogP contribution in [0.1, 0.15) is 30.8 Å². The molecular formula is C12H17N3O. The van der Waals surface area contributed by atoms with Gasteiger partial charge in [0.1, 0.15) is 5.69 Å². The van der Waals surface area contributed by atoms with E-state index in [0.29, 0.717) is 24.3 Å². The fraction of sp³-hybridized carbons (Fsp3) is 0.417. The van der Waals surface area contributed by atoms with Gasteiger partial charge in [0.25, 0.3) is 5.91 Å². The number of nitrogens with zero attached hydrogens (tertiary/aromatic N) is 1. The number of hydrogen-bond acceptors (Lipinski definition) is 2. The van der Waals surface area contributed by atoms with Crippen molar-refractivity contribution in [2.75, 3.05) is 5.73 Å². The lowest BCUT2D eigenvalue weighted by molar-refractivity contribution is 0.0931. The number of anilines is 1. The summed E-state index contributed by atoms with van der Waals surface area (Å²) in [5.41, 5.74) is 6.82. The molecule has 0 bridgehead atoms. The number of carbonyl (C=O) groups excluding carboxylic acids is 1. The minimum absolute atomic E-state index is 0.0288. The first kappa shape index (κ1) is 12.2. The van der Waals surface area contributed by atoms with Crippen molar-refractivity contribution in [2.24, 2.45) is 0 Å². The molecule has 1 atom stereocenters. The van der Waals surface area contributed by atoms with E-state index >= 15 is 0 Å². The number of aryl methyl sites for hydroxylation is 1. The molecule has 86 valence electrons. The number of hydrogen-bond donors (Lipinski definition) is 2. The van der Waals surface area contributed by atoms with Gasteiger partial charge in [-0.15, -0.1) is 12.3 Å². The van der Waals surface area contributed by atoms with E-state index in [9.17, 15) is 4.79 Å². The van der Waals surface area contributed by atoms with Gasteiger partial charge in [-0.3, -0.25) is 4.79 Å². The van der Waals surface area contributed by atoms with Gasteiger partial charge in [-0.25, -0.2) is 0 Å². The first-order chi connectivity index (χ1) is 7.58. The molecule has 4 heteroatoms. The standard InChI is InChI=1S/C12H17N3O/c1-4-6-9(3)14-12(16)11-7-10(13)8-15(11)5-2/h1,7-9H,5-6,13H2,2-3H3,(H,14,16). The van der Waals surface area contributed by atoms with Crippen LogP contribution in [0, 0.1) is 12.3 Å². The van der Waals surface area contributed by atoms with Crippen LogP contribution in [0.3, 0.4) is 0 Å². The molecule has 1 aromatic rings. The van der Waals surface area contributed by atoms with Crippen LogP contribution in [-0.2, 0) is 6.54 Å². The van der Waals surface area contributed by atoms with Crippen molar-refractivity contribution in [3.63, 3.8) is 0 Å². The van der Waals surface area contributed by atoms with E-state index < -0.39 is 0 Å². The molecule has 0 spiro atoms. The van der Waals surface area contributed by atoms with Crippen molar-refractivity contribution in [1.82, 2.24) is 9.88 Å². The lowest BCUT2D eigenvalue weighted by atomic mass is 10.2. The zero-order valence-electron chi connectivity index (χ0n) is 9.66. The van der Waals surface area contributed by atoms with Crippen LogP contribution >= 0.6 is 0 Å². The molecule has 0 aromatic carbocycles. The van der Waals surface area contributed by atoms with E-state index in [0.717, 1.165) is 0 Å². The summed E-state index contributed by atoms with van der Waals surface area (Å²) in [7, 11) is 0. The highest BCUT2D eigenvalue weighted by molar-refractivity contribution is 5.94. The summed E-state index contributed by atoms with van der Waals surface area (Å²) in [5.74, 6) is 2.37.